The molecule has 0 aliphatic carbocycles. The fourth-order valence-corrected chi connectivity index (χ4v) is 1.75. The Morgan fingerprint density at radius 1 is 1.40 bits per heavy atom. The normalized spacial score (nSPS) is 12.8. The zero-order chi connectivity index (χ0) is 11.3. The van der Waals surface area contributed by atoms with Gasteiger partial charge in [0, 0.05) is 7.11 Å². The number of benzene rings is 1. The Bertz CT molecular complexity index is 315. The van der Waals surface area contributed by atoms with Gasteiger partial charge in [0.05, 0.1) is 22.8 Å². The molecule has 1 rings (SSSR count). The van der Waals surface area contributed by atoms with Gasteiger partial charge in [-0.25, -0.2) is 0 Å². The summed E-state index contributed by atoms with van der Waals surface area (Å²) in [4.78, 5) is 0. The molecule has 0 aliphatic heterocycles. The van der Waals surface area contributed by atoms with Crippen molar-refractivity contribution in [3.63, 3.8) is 0 Å². The first-order chi connectivity index (χ1) is 7.15. The fourth-order valence-electron chi connectivity index (χ4n) is 1.34. The van der Waals surface area contributed by atoms with E-state index in [0.29, 0.717) is 29.5 Å². The molecule has 0 aliphatic rings. The minimum Gasteiger partial charge on any atom is -0.391 e. The lowest BCUT2D eigenvalue weighted by Gasteiger charge is -2.10. The van der Waals surface area contributed by atoms with Gasteiger partial charge >= 0.3 is 0 Å². The van der Waals surface area contributed by atoms with Crippen LogP contribution in [0.4, 0.5) is 0 Å². The van der Waals surface area contributed by atoms with E-state index >= 15 is 0 Å². The number of methoxy groups -OCH3 is 1. The molecule has 0 radical (unpaired) electrons. The maximum Gasteiger partial charge on any atom is 0.0776 e. The molecule has 84 valence electrons. The first kappa shape index (κ1) is 12.8. The highest BCUT2D eigenvalue weighted by atomic mass is 35.5. The van der Waals surface area contributed by atoms with Crippen LogP contribution < -0.4 is 0 Å². The average Bonchev–Trinajstić information content (AvgIpc) is 2.21. The van der Waals surface area contributed by atoms with E-state index in [1.165, 1.54) is 0 Å². The molecular formula is C11H14Cl2O2. The summed E-state index contributed by atoms with van der Waals surface area (Å²) in [7, 11) is 1.57. The summed E-state index contributed by atoms with van der Waals surface area (Å²) in [6.45, 7) is 0.345. The number of halogens is 2. The van der Waals surface area contributed by atoms with Crippen molar-refractivity contribution < 1.29 is 9.84 Å². The third kappa shape index (κ3) is 3.99. The van der Waals surface area contributed by atoms with Crippen LogP contribution in [-0.2, 0) is 11.2 Å². The van der Waals surface area contributed by atoms with Crippen molar-refractivity contribution in [2.75, 3.05) is 13.7 Å². The molecule has 0 heterocycles. The molecule has 4 heteroatoms. The molecular weight excluding hydrogens is 235 g/mol. The van der Waals surface area contributed by atoms with Crippen LogP contribution in [0, 0.1) is 0 Å². The van der Waals surface area contributed by atoms with Gasteiger partial charge in [-0.1, -0.05) is 35.3 Å². The lowest BCUT2D eigenvalue weighted by molar-refractivity contribution is 0.0595. The molecule has 0 saturated carbocycles. The maximum atomic E-state index is 9.47. The smallest absolute Gasteiger partial charge is 0.0776 e. The zero-order valence-electron chi connectivity index (χ0n) is 8.54. The highest BCUT2D eigenvalue weighted by Gasteiger charge is 2.07. The van der Waals surface area contributed by atoms with Crippen LogP contribution in [0.5, 0.6) is 0 Å². The van der Waals surface area contributed by atoms with Crippen LogP contribution in [0.15, 0.2) is 18.2 Å². The van der Waals surface area contributed by atoms with Gasteiger partial charge in [0.2, 0.25) is 0 Å². The van der Waals surface area contributed by atoms with Crippen LogP contribution in [0.25, 0.3) is 0 Å². The summed E-state index contributed by atoms with van der Waals surface area (Å²) in [5.41, 5.74) is 0.958. The van der Waals surface area contributed by atoms with E-state index in [0.717, 1.165) is 5.56 Å². The molecule has 1 aromatic carbocycles. The van der Waals surface area contributed by atoms with E-state index < -0.39 is 6.10 Å². The second-order valence-corrected chi connectivity index (χ2v) is 4.15. The Morgan fingerprint density at radius 3 is 2.80 bits per heavy atom. The number of aliphatic hydroxyl groups is 1. The highest BCUT2D eigenvalue weighted by molar-refractivity contribution is 6.42. The van der Waals surface area contributed by atoms with Gasteiger partial charge in [-0.3, -0.25) is 0 Å². The van der Waals surface area contributed by atoms with Gasteiger partial charge < -0.3 is 9.84 Å². The van der Waals surface area contributed by atoms with Crippen molar-refractivity contribution in [1.82, 2.24) is 0 Å². The molecule has 0 spiro atoms. The summed E-state index contributed by atoms with van der Waals surface area (Å²) in [5, 5.41) is 10.6. The van der Waals surface area contributed by atoms with Gasteiger partial charge in [-0.05, 0) is 24.5 Å². The van der Waals surface area contributed by atoms with E-state index in [4.69, 9.17) is 27.9 Å². The zero-order valence-corrected chi connectivity index (χ0v) is 10.1. The molecule has 1 aromatic rings. The molecule has 0 amide bonds. The summed E-state index contributed by atoms with van der Waals surface area (Å²) in [6.07, 6.45) is 0.864. The molecule has 0 saturated heterocycles. The third-order valence-corrected chi connectivity index (χ3v) is 3.00. The Balaban J connectivity index is 2.54. The topological polar surface area (TPSA) is 29.5 Å². The van der Waals surface area contributed by atoms with E-state index in [1.807, 2.05) is 12.1 Å². The Hall–Kier alpha value is -0.280. The highest BCUT2D eigenvalue weighted by Crippen LogP contribution is 2.26. The maximum absolute atomic E-state index is 9.47. The van der Waals surface area contributed by atoms with Gasteiger partial charge in [0.1, 0.15) is 0 Å². The number of aliphatic hydroxyl groups excluding tert-OH is 1. The number of hydrogen-bond acceptors (Lipinski definition) is 2. The van der Waals surface area contributed by atoms with Crippen molar-refractivity contribution >= 4 is 23.2 Å². The van der Waals surface area contributed by atoms with Crippen molar-refractivity contribution in [1.29, 1.82) is 0 Å². The van der Waals surface area contributed by atoms with Crippen LogP contribution in [0.2, 0.25) is 10.0 Å². The van der Waals surface area contributed by atoms with E-state index in [9.17, 15) is 5.11 Å². The fraction of sp³-hybridized carbons (Fsp3) is 0.455. The molecule has 0 fully saturated rings. The van der Waals surface area contributed by atoms with Gasteiger partial charge in [0.15, 0.2) is 0 Å². The molecule has 0 aromatic heterocycles. The van der Waals surface area contributed by atoms with Crippen LogP contribution in [0.3, 0.4) is 0 Å². The van der Waals surface area contributed by atoms with Gasteiger partial charge in [-0.2, -0.15) is 0 Å². The predicted octanol–water partition coefficient (Wildman–Crippen LogP) is 2.93. The summed E-state index contributed by atoms with van der Waals surface area (Å²) in [6, 6.07) is 5.51. The molecule has 2 nitrogen and oxygen atoms in total. The first-order valence-corrected chi connectivity index (χ1v) is 5.50. The Morgan fingerprint density at radius 2 is 2.13 bits per heavy atom. The molecule has 1 N–H and O–H groups in total. The van der Waals surface area contributed by atoms with E-state index in [1.54, 1.807) is 13.2 Å². The largest absolute Gasteiger partial charge is 0.391 e. The third-order valence-electron chi connectivity index (χ3n) is 2.14. The van der Waals surface area contributed by atoms with Crippen molar-refractivity contribution in [2.24, 2.45) is 0 Å². The van der Waals surface area contributed by atoms with E-state index in [-0.39, 0.29) is 0 Å². The summed E-state index contributed by atoms with van der Waals surface area (Å²) < 4.78 is 4.84. The molecule has 1 atom stereocenters. The lowest BCUT2D eigenvalue weighted by atomic mass is 10.1. The van der Waals surface area contributed by atoms with Crippen molar-refractivity contribution in [3.05, 3.63) is 33.8 Å². The second-order valence-electron chi connectivity index (χ2n) is 3.36. The standard InChI is InChI=1S/C11H14Cl2O2/c1-15-7-9(14)6-5-8-3-2-4-10(12)11(8)13/h2-4,9,14H,5-7H2,1H3. The molecule has 15 heavy (non-hydrogen) atoms. The van der Waals surface area contributed by atoms with Crippen LogP contribution >= 0.6 is 23.2 Å². The lowest BCUT2D eigenvalue weighted by Crippen LogP contribution is -2.14. The van der Waals surface area contributed by atoms with E-state index in [2.05, 4.69) is 0 Å². The Kier molecular flexibility index (Phi) is 5.40. The number of hydrogen-bond donors (Lipinski definition) is 1. The molecule has 1 unspecified atom stereocenters. The van der Waals surface area contributed by atoms with Crippen LogP contribution in [0.1, 0.15) is 12.0 Å². The average molecular weight is 249 g/mol. The quantitative estimate of drug-likeness (QED) is 0.869. The summed E-state index contributed by atoms with van der Waals surface area (Å²) >= 11 is 11.9. The van der Waals surface area contributed by atoms with Gasteiger partial charge in [-0.15, -0.1) is 0 Å². The SMILES string of the molecule is COCC(O)CCc1cccc(Cl)c1Cl. The minimum absolute atomic E-state index is 0.345. The minimum atomic E-state index is -0.454. The monoisotopic (exact) mass is 248 g/mol. The number of aryl methyl sites for hydroxylation is 1. The number of ether oxygens (including phenoxy) is 1. The molecule has 0 bridgehead atoms. The summed E-state index contributed by atoms with van der Waals surface area (Å²) in [5.74, 6) is 0. The second kappa shape index (κ2) is 6.33. The van der Waals surface area contributed by atoms with Gasteiger partial charge in [0.25, 0.3) is 0 Å². The van der Waals surface area contributed by atoms with Crippen molar-refractivity contribution in [2.45, 2.75) is 18.9 Å². The number of rotatable bonds is 5. The van der Waals surface area contributed by atoms with Crippen molar-refractivity contribution in [3.8, 4) is 0 Å². The predicted molar refractivity (Wildman–Crippen MR) is 62.7 cm³/mol. The Labute approximate surface area is 99.8 Å². The van der Waals surface area contributed by atoms with Crippen LogP contribution in [-0.4, -0.2) is 24.9 Å². The first-order valence-electron chi connectivity index (χ1n) is 4.75.